The van der Waals surface area contributed by atoms with E-state index in [4.69, 9.17) is 16.7 Å². The number of nitrogens with zero attached hydrogens (tertiary/aromatic N) is 2. The Kier molecular flexibility index (Phi) is 5.52. The number of nitrogens with one attached hydrogen (secondary N) is 1. The smallest absolute Gasteiger partial charge is 0.313 e. The molecule has 1 atom stereocenters. The molecule has 114 valence electrons. The van der Waals surface area contributed by atoms with E-state index in [1.54, 1.807) is 17.0 Å². The number of aliphatic hydroxyl groups is 1. The summed E-state index contributed by atoms with van der Waals surface area (Å²) in [6.45, 7) is 0.544. The van der Waals surface area contributed by atoms with Crippen molar-refractivity contribution in [3.8, 4) is 0 Å². The zero-order valence-corrected chi connectivity index (χ0v) is 12.3. The Morgan fingerprint density at radius 2 is 2.29 bits per heavy atom. The van der Waals surface area contributed by atoms with Crippen LogP contribution in [0.15, 0.2) is 18.3 Å². The van der Waals surface area contributed by atoms with Crippen molar-refractivity contribution in [2.24, 2.45) is 0 Å². The number of amides is 2. The number of hydrogen-bond acceptors (Lipinski definition) is 4. The molecule has 6 nitrogen and oxygen atoms in total. The fraction of sp³-hybridized carbons (Fsp3) is 0.500. The average molecular weight is 312 g/mol. The fourth-order valence-electron chi connectivity index (χ4n) is 2.50. The van der Waals surface area contributed by atoms with Gasteiger partial charge in [0.05, 0.1) is 5.69 Å². The zero-order chi connectivity index (χ0) is 15.2. The van der Waals surface area contributed by atoms with Crippen LogP contribution in [0.5, 0.6) is 0 Å². The molecule has 7 heteroatoms. The van der Waals surface area contributed by atoms with Gasteiger partial charge in [0.2, 0.25) is 0 Å². The monoisotopic (exact) mass is 311 g/mol. The molecule has 0 radical (unpaired) electrons. The molecule has 1 aromatic heterocycles. The maximum absolute atomic E-state index is 12.3. The number of carbonyl (C=O) groups excluding carboxylic acids is 2. The third-order valence-electron chi connectivity index (χ3n) is 3.55. The van der Waals surface area contributed by atoms with Crippen LogP contribution in [0, 0.1) is 0 Å². The van der Waals surface area contributed by atoms with Crippen molar-refractivity contribution < 1.29 is 14.7 Å². The second-order valence-corrected chi connectivity index (χ2v) is 5.31. The molecule has 2 rings (SSSR count). The predicted octanol–water partition coefficient (Wildman–Crippen LogP) is 1.44. The molecule has 0 spiro atoms. The summed E-state index contributed by atoms with van der Waals surface area (Å²) >= 11 is 5.85. The lowest BCUT2D eigenvalue weighted by molar-refractivity contribution is -0.146. The molecule has 1 aliphatic heterocycles. The van der Waals surface area contributed by atoms with Gasteiger partial charge in [0.25, 0.3) is 0 Å². The summed E-state index contributed by atoms with van der Waals surface area (Å²) in [4.78, 5) is 29.7. The predicted molar refractivity (Wildman–Crippen MR) is 78.9 cm³/mol. The Labute approximate surface area is 128 Å². The molecule has 1 saturated heterocycles. The SMILES string of the molecule is O=C(Nc1cccnc1Cl)C(=O)N1CCCCC1CCO. The normalized spacial score (nSPS) is 18.4. The maximum Gasteiger partial charge on any atom is 0.313 e. The molecular formula is C14H18ClN3O3. The summed E-state index contributed by atoms with van der Waals surface area (Å²) in [6.07, 6.45) is 4.68. The van der Waals surface area contributed by atoms with Crippen LogP contribution in [0.25, 0.3) is 0 Å². The average Bonchev–Trinajstić information content (AvgIpc) is 2.50. The Bertz CT molecular complexity index is 522. The van der Waals surface area contributed by atoms with Gasteiger partial charge in [-0.15, -0.1) is 0 Å². The first-order valence-corrected chi connectivity index (χ1v) is 7.34. The number of rotatable bonds is 3. The van der Waals surface area contributed by atoms with E-state index in [2.05, 4.69) is 10.3 Å². The van der Waals surface area contributed by atoms with E-state index in [-0.39, 0.29) is 17.8 Å². The Morgan fingerprint density at radius 1 is 1.48 bits per heavy atom. The van der Waals surface area contributed by atoms with E-state index >= 15 is 0 Å². The summed E-state index contributed by atoms with van der Waals surface area (Å²) in [5, 5.41) is 11.7. The molecule has 2 heterocycles. The van der Waals surface area contributed by atoms with E-state index in [0.29, 0.717) is 18.7 Å². The van der Waals surface area contributed by atoms with Crippen molar-refractivity contribution >= 4 is 29.1 Å². The summed E-state index contributed by atoms with van der Waals surface area (Å²) < 4.78 is 0. The molecule has 2 amide bonds. The fourth-order valence-corrected chi connectivity index (χ4v) is 2.67. The van der Waals surface area contributed by atoms with Gasteiger partial charge >= 0.3 is 11.8 Å². The molecule has 1 fully saturated rings. The molecule has 2 N–H and O–H groups in total. The van der Waals surface area contributed by atoms with E-state index in [9.17, 15) is 9.59 Å². The van der Waals surface area contributed by atoms with Gasteiger partial charge in [0, 0.05) is 25.4 Å². The van der Waals surface area contributed by atoms with Crippen molar-refractivity contribution in [3.63, 3.8) is 0 Å². The van der Waals surface area contributed by atoms with Crippen molar-refractivity contribution in [3.05, 3.63) is 23.5 Å². The zero-order valence-electron chi connectivity index (χ0n) is 11.6. The number of anilines is 1. The number of aliphatic hydroxyl groups excluding tert-OH is 1. The molecular weight excluding hydrogens is 294 g/mol. The standard InChI is InChI=1S/C14H18ClN3O3/c15-12-11(5-3-7-16-12)17-13(20)14(21)18-8-2-1-4-10(18)6-9-19/h3,5,7,10,19H,1-2,4,6,8-9H2,(H,17,20). The lowest BCUT2D eigenvalue weighted by atomic mass is 9.99. The van der Waals surface area contributed by atoms with E-state index in [0.717, 1.165) is 19.3 Å². The third-order valence-corrected chi connectivity index (χ3v) is 3.85. The minimum absolute atomic E-state index is 0.00446. The van der Waals surface area contributed by atoms with Crippen LogP contribution in [0.2, 0.25) is 5.15 Å². The highest BCUT2D eigenvalue weighted by Gasteiger charge is 2.30. The van der Waals surface area contributed by atoms with Gasteiger partial charge in [-0.3, -0.25) is 9.59 Å². The van der Waals surface area contributed by atoms with Crippen molar-refractivity contribution in [2.75, 3.05) is 18.5 Å². The van der Waals surface area contributed by atoms with Gasteiger partial charge in [-0.25, -0.2) is 4.98 Å². The maximum atomic E-state index is 12.3. The first-order chi connectivity index (χ1) is 10.1. The highest BCUT2D eigenvalue weighted by molar-refractivity contribution is 6.41. The molecule has 0 bridgehead atoms. The van der Waals surface area contributed by atoms with Crippen LogP contribution in [0.4, 0.5) is 5.69 Å². The molecule has 0 saturated carbocycles. The van der Waals surface area contributed by atoms with Crippen LogP contribution < -0.4 is 5.32 Å². The van der Waals surface area contributed by atoms with Crippen LogP contribution in [0.3, 0.4) is 0 Å². The summed E-state index contributed by atoms with van der Waals surface area (Å²) in [6, 6.07) is 3.13. The van der Waals surface area contributed by atoms with Gasteiger partial charge in [0.15, 0.2) is 5.15 Å². The van der Waals surface area contributed by atoms with Crippen molar-refractivity contribution in [2.45, 2.75) is 31.7 Å². The number of carbonyl (C=O) groups is 2. The lowest BCUT2D eigenvalue weighted by Crippen LogP contribution is -2.48. The second kappa shape index (κ2) is 7.38. The molecule has 1 aliphatic rings. The highest BCUT2D eigenvalue weighted by atomic mass is 35.5. The highest BCUT2D eigenvalue weighted by Crippen LogP contribution is 2.21. The molecule has 0 aliphatic carbocycles. The van der Waals surface area contributed by atoms with Gasteiger partial charge in [-0.2, -0.15) is 0 Å². The van der Waals surface area contributed by atoms with E-state index in [1.807, 2.05) is 0 Å². The first-order valence-electron chi connectivity index (χ1n) is 6.97. The third kappa shape index (κ3) is 3.92. The lowest BCUT2D eigenvalue weighted by Gasteiger charge is -2.35. The largest absolute Gasteiger partial charge is 0.396 e. The molecule has 1 unspecified atom stereocenters. The van der Waals surface area contributed by atoms with Crippen LogP contribution in [-0.4, -0.2) is 46.0 Å². The minimum Gasteiger partial charge on any atom is -0.396 e. The van der Waals surface area contributed by atoms with Crippen molar-refractivity contribution in [1.82, 2.24) is 9.88 Å². The molecule has 21 heavy (non-hydrogen) atoms. The van der Waals surface area contributed by atoms with Gasteiger partial charge in [-0.05, 0) is 37.8 Å². The van der Waals surface area contributed by atoms with E-state index < -0.39 is 11.8 Å². The number of hydrogen-bond donors (Lipinski definition) is 2. The summed E-state index contributed by atoms with van der Waals surface area (Å²) in [5.74, 6) is -1.32. The first kappa shape index (κ1) is 15.7. The van der Waals surface area contributed by atoms with Gasteiger partial charge in [-0.1, -0.05) is 11.6 Å². The number of halogens is 1. The van der Waals surface area contributed by atoms with Gasteiger partial charge < -0.3 is 15.3 Å². The number of likely N-dealkylation sites (tertiary alicyclic amines) is 1. The quantitative estimate of drug-likeness (QED) is 0.653. The van der Waals surface area contributed by atoms with Crippen LogP contribution in [0.1, 0.15) is 25.7 Å². The number of piperidine rings is 1. The van der Waals surface area contributed by atoms with E-state index in [1.165, 1.54) is 6.20 Å². The van der Waals surface area contributed by atoms with Gasteiger partial charge in [0.1, 0.15) is 0 Å². The number of aromatic nitrogens is 1. The summed E-state index contributed by atoms with van der Waals surface area (Å²) in [7, 11) is 0. The van der Waals surface area contributed by atoms with Crippen LogP contribution >= 0.6 is 11.6 Å². The van der Waals surface area contributed by atoms with Crippen LogP contribution in [-0.2, 0) is 9.59 Å². The topological polar surface area (TPSA) is 82.5 Å². The molecule has 1 aromatic rings. The Balaban J connectivity index is 2.04. The minimum atomic E-state index is -0.727. The molecule has 0 aromatic carbocycles. The summed E-state index contributed by atoms with van der Waals surface area (Å²) in [5.41, 5.74) is 0.313. The van der Waals surface area contributed by atoms with Crippen molar-refractivity contribution in [1.29, 1.82) is 0 Å². The second-order valence-electron chi connectivity index (χ2n) is 4.96. The Morgan fingerprint density at radius 3 is 3.00 bits per heavy atom. The number of pyridine rings is 1. The Hall–Kier alpha value is -1.66.